The molecule has 0 aliphatic heterocycles. The van der Waals surface area contributed by atoms with Gasteiger partial charge in [0.1, 0.15) is 5.69 Å². The van der Waals surface area contributed by atoms with Crippen molar-refractivity contribution in [3.05, 3.63) is 29.6 Å². The number of aliphatic hydroxyl groups is 1. The van der Waals surface area contributed by atoms with E-state index in [1.165, 1.54) is 11.8 Å². The minimum Gasteiger partial charge on any atom is -0.395 e. The molecule has 0 saturated heterocycles. The number of hydrogen-bond acceptors (Lipinski definition) is 4. The lowest BCUT2D eigenvalue weighted by atomic mass is 10.2. The lowest BCUT2D eigenvalue weighted by molar-refractivity contribution is -0.141. The highest BCUT2D eigenvalue weighted by Gasteiger charge is 2.32. The summed E-state index contributed by atoms with van der Waals surface area (Å²) < 4.78 is 37.0. The fourth-order valence-corrected chi connectivity index (χ4v) is 2.14. The molecule has 0 unspecified atom stereocenters. The normalized spacial score (nSPS) is 14.7. The van der Waals surface area contributed by atoms with Crippen LogP contribution in [0.25, 0.3) is 0 Å². The molecule has 112 valence electrons. The highest BCUT2D eigenvalue weighted by atomic mass is 32.2. The van der Waals surface area contributed by atoms with Crippen molar-refractivity contribution in [2.75, 3.05) is 12.9 Å². The second kappa shape index (κ2) is 6.94. The largest absolute Gasteiger partial charge is 0.433 e. The molecule has 0 radical (unpaired) electrons. The minimum atomic E-state index is -4.52. The second-order valence-corrected chi connectivity index (χ2v) is 5.23. The molecular formula is C12H15F3N2O2S. The number of aromatic nitrogens is 1. The van der Waals surface area contributed by atoms with Crippen LogP contribution in [0.3, 0.4) is 0 Å². The van der Waals surface area contributed by atoms with E-state index in [0.29, 0.717) is 0 Å². The summed E-state index contributed by atoms with van der Waals surface area (Å²) >= 11 is 1.39. The van der Waals surface area contributed by atoms with E-state index in [1.807, 2.05) is 0 Å². The molecule has 0 aromatic carbocycles. The van der Waals surface area contributed by atoms with Crippen molar-refractivity contribution < 1.29 is 23.1 Å². The quantitative estimate of drug-likeness (QED) is 0.873. The first-order chi connectivity index (χ1) is 9.29. The van der Waals surface area contributed by atoms with Crippen LogP contribution in [0.15, 0.2) is 18.3 Å². The van der Waals surface area contributed by atoms with Crippen LogP contribution < -0.4 is 5.32 Å². The van der Waals surface area contributed by atoms with E-state index in [1.54, 1.807) is 13.2 Å². The number of pyridine rings is 1. The number of amides is 1. The second-order valence-electron chi connectivity index (χ2n) is 4.15. The Morgan fingerprint density at radius 1 is 1.50 bits per heavy atom. The van der Waals surface area contributed by atoms with Gasteiger partial charge in [-0.05, 0) is 25.3 Å². The lowest BCUT2D eigenvalue weighted by Crippen LogP contribution is -2.41. The molecule has 2 N–H and O–H groups in total. The number of thioether (sulfide) groups is 1. The molecule has 1 heterocycles. The standard InChI is InChI=1S/C12H15F3N2O2S/c1-7(9(6-18)20-2)17-11(19)8-3-4-10(16-5-8)12(13,14)15/h3-5,7,9,18H,6H2,1-2H3,(H,17,19)/t7-,9+/m1/s1. The zero-order valence-electron chi connectivity index (χ0n) is 10.9. The van der Waals surface area contributed by atoms with Gasteiger partial charge in [0.15, 0.2) is 0 Å². The monoisotopic (exact) mass is 308 g/mol. The zero-order chi connectivity index (χ0) is 15.3. The van der Waals surface area contributed by atoms with Crippen molar-refractivity contribution in [3.63, 3.8) is 0 Å². The summed E-state index contributed by atoms with van der Waals surface area (Å²) in [6.07, 6.45) is -1.84. The summed E-state index contributed by atoms with van der Waals surface area (Å²) in [4.78, 5) is 15.1. The van der Waals surface area contributed by atoms with Gasteiger partial charge in [0.25, 0.3) is 5.91 Å². The Balaban J connectivity index is 2.73. The van der Waals surface area contributed by atoms with Crippen LogP contribution >= 0.6 is 11.8 Å². The first kappa shape index (κ1) is 16.8. The van der Waals surface area contributed by atoms with Gasteiger partial charge in [-0.1, -0.05) is 0 Å². The van der Waals surface area contributed by atoms with Crippen LogP contribution in [0, 0.1) is 0 Å². The van der Waals surface area contributed by atoms with E-state index in [0.717, 1.165) is 18.3 Å². The molecule has 1 aromatic rings. The van der Waals surface area contributed by atoms with Crippen LogP contribution in [0.1, 0.15) is 23.0 Å². The van der Waals surface area contributed by atoms with Crippen molar-refractivity contribution in [1.82, 2.24) is 10.3 Å². The van der Waals surface area contributed by atoms with Crippen LogP contribution in [-0.4, -0.2) is 40.2 Å². The van der Waals surface area contributed by atoms with Gasteiger partial charge < -0.3 is 10.4 Å². The molecule has 0 bridgehead atoms. The number of alkyl halides is 3. The number of hydrogen-bond donors (Lipinski definition) is 2. The van der Waals surface area contributed by atoms with Crippen molar-refractivity contribution in [2.24, 2.45) is 0 Å². The number of nitrogens with zero attached hydrogens (tertiary/aromatic N) is 1. The van der Waals surface area contributed by atoms with Gasteiger partial charge in [0, 0.05) is 17.5 Å². The van der Waals surface area contributed by atoms with Crippen LogP contribution in [-0.2, 0) is 6.18 Å². The molecule has 1 aromatic heterocycles. The average molecular weight is 308 g/mol. The van der Waals surface area contributed by atoms with Gasteiger partial charge in [-0.15, -0.1) is 0 Å². The summed E-state index contributed by atoms with van der Waals surface area (Å²) in [7, 11) is 0. The van der Waals surface area contributed by atoms with Gasteiger partial charge in [0.05, 0.1) is 12.2 Å². The SMILES string of the molecule is CS[C@@H](CO)[C@@H](C)NC(=O)c1ccc(C(F)(F)F)nc1. The van der Waals surface area contributed by atoms with Gasteiger partial charge in [-0.25, -0.2) is 0 Å². The smallest absolute Gasteiger partial charge is 0.395 e. The van der Waals surface area contributed by atoms with E-state index < -0.39 is 17.8 Å². The highest BCUT2D eigenvalue weighted by molar-refractivity contribution is 7.99. The van der Waals surface area contributed by atoms with E-state index in [2.05, 4.69) is 10.3 Å². The molecule has 4 nitrogen and oxygen atoms in total. The topological polar surface area (TPSA) is 62.2 Å². The van der Waals surface area contributed by atoms with E-state index in [9.17, 15) is 18.0 Å². The first-order valence-electron chi connectivity index (χ1n) is 5.77. The number of carbonyl (C=O) groups excluding carboxylic acids is 1. The molecule has 0 saturated carbocycles. The maximum absolute atomic E-state index is 12.3. The fraction of sp³-hybridized carbons (Fsp3) is 0.500. The zero-order valence-corrected chi connectivity index (χ0v) is 11.8. The summed E-state index contributed by atoms with van der Waals surface area (Å²) in [5.74, 6) is -0.522. The van der Waals surface area contributed by atoms with Crippen LogP contribution in [0.5, 0.6) is 0 Å². The molecule has 0 aliphatic rings. The molecule has 1 rings (SSSR count). The third-order valence-corrected chi connectivity index (χ3v) is 3.88. The van der Waals surface area contributed by atoms with Crippen molar-refractivity contribution in [3.8, 4) is 0 Å². The lowest BCUT2D eigenvalue weighted by Gasteiger charge is -2.21. The number of halogens is 3. The Hall–Kier alpha value is -1.28. The van der Waals surface area contributed by atoms with Crippen LogP contribution in [0.2, 0.25) is 0 Å². The predicted molar refractivity (Wildman–Crippen MR) is 70.6 cm³/mol. The number of rotatable bonds is 5. The van der Waals surface area contributed by atoms with Crippen LogP contribution in [0.4, 0.5) is 13.2 Å². The molecule has 1 amide bonds. The minimum absolute atomic E-state index is 0.0441. The van der Waals surface area contributed by atoms with Gasteiger partial charge in [-0.2, -0.15) is 24.9 Å². The van der Waals surface area contributed by atoms with Crippen molar-refractivity contribution in [2.45, 2.75) is 24.4 Å². The van der Waals surface area contributed by atoms with Gasteiger partial charge in [0.2, 0.25) is 0 Å². The fourth-order valence-electron chi connectivity index (χ4n) is 1.52. The Morgan fingerprint density at radius 3 is 2.55 bits per heavy atom. The van der Waals surface area contributed by atoms with E-state index in [4.69, 9.17) is 5.11 Å². The summed E-state index contributed by atoms with van der Waals surface area (Å²) in [5.41, 5.74) is -0.998. The summed E-state index contributed by atoms with van der Waals surface area (Å²) in [6, 6.07) is 1.52. The van der Waals surface area contributed by atoms with Crippen molar-refractivity contribution in [1.29, 1.82) is 0 Å². The Morgan fingerprint density at radius 2 is 2.15 bits per heavy atom. The number of nitrogens with one attached hydrogen (secondary N) is 1. The van der Waals surface area contributed by atoms with Gasteiger partial charge >= 0.3 is 6.18 Å². The molecule has 2 atom stereocenters. The number of aliphatic hydroxyl groups excluding tert-OH is 1. The summed E-state index contributed by atoms with van der Waals surface area (Å²) in [5, 5.41) is 11.5. The molecular weight excluding hydrogens is 293 g/mol. The Kier molecular flexibility index (Phi) is 5.82. The number of carbonyl (C=O) groups is 1. The van der Waals surface area contributed by atoms with E-state index in [-0.39, 0.29) is 23.5 Å². The molecule has 0 fully saturated rings. The molecule has 0 spiro atoms. The average Bonchev–Trinajstić information content (AvgIpc) is 2.39. The maximum Gasteiger partial charge on any atom is 0.433 e. The Bertz CT molecular complexity index is 447. The van der Waals surface area contributed by atoms with Crippen molar-refractivity contribution >= 4 is 17.7 Å². The van der Waals surface area contributed by atoms with E-state index >= 15 is 0 Å². The highest BCUT2D eigenvalue weighted by Crippen LogP contribution is 2.27. The maximum atomic E-state index is 12.3. The first-order valence-corrected chi connectivity index (χ1v) is 7.06. The molecule has 8 heteroatoms. The molecule has 0 aliphatic carbocycles. The van der Waals surface area contributed by atoms with Gasteiger partial charge in [-0.3, -0.25) is 9.78 Å². The third kappa shape index (κ3) is 4.38. The summed E-state index contributed by atoms with van der Waals surface area (Å²) in [6.45, 7) is 1.61. The third-order valence-electron chi connectivity index (χ3n) is 2.72. The predicted octanol–water partition coefficient (Wildman–Crippen LogP) is 1.94. The Labute approximate surface area is 118 Å². The molecule has 20 heavy (non-hydrogen) atoms.